The fourth-order valence-corrected chi connectivity index (χ4v) is 4.78. The van der Waals surface area contributed by atoms with Crippen molar-refractivity contribution in [1.82, 2.24) is 9.80 Å². The lowest BCUT2D eigenvalue weighted by Crippen LogP contribution is -2.46. The van der Waals surface area contributed by atoms with E-state index in [0.29, 0.717) is 43.7 Å². The topological polar surface area (TPSA) is 49.9 Å². The van der Waals surface area contributed by atoms with E-state index in [1.807, 2.05) is 37.3 Å². The highest BCUT2D eigenvalue weighted by Crippen LogP contribution is 2.33. The van der Waals surface area contributed by atoms with Crippen molar-refractivity contribution in [3.05, 3.63) is 101 Å². The molecule has 3 aromatic rings. The van der Waals surface area contributed by atoms with Crippen LogP contribution >= 0.6 is 0 Å². The summed E-state index contributed by atoms with van der Waals surface area (Å²) in [6.07, 6.45) is -3.15. The van der Waals surface area contributed by atoms with Crippen LogP contribution in [0.2, 0.25) is 0 Å². The van der Waals surface area contributed by atoms with Crippen LogP contribution < -0.4 is 4.74 Å². The smallest absolute Gasteiger partial charge is 0.417 e. The van der Waals surface area contributed by atoms with E-state index in [0.717, 1.165) is 11.6 Å². The molecule has 0 saturated heterocycles. The van der Waals surface area contributed by atoms with Gasteiger partial charge in [-0.1, -0.05) is 54.6 Å². The number of fused-ring (bicyclic) bond motifs is 1. The molecule has 1 atom stereocenters. The second-order valence-electron chi connectivity index (χ2n) is 9.28. The molecule has 0 saturated carbocycles. The number of nitrogens with zero attached hydrogens (tertiary/aromatic N) is 2. The molecule has 1 aliphatic rings. The van der Waals surface area contributed by atoms with Crippen molar-refractivity contribution < 1.29 is 27.5 Å². The zero-order valence-corrected chi connectivity index (χ0v) is 21.3. The minimum atomic E-state index is -4.66. The van der Waals surface area contributed by atoms with Crippen LogP contribution in [0.1, 0.15) is 51.6 Å². The zero-order chi connectivity index (χ0) is 27.1. The largest absolute Gasteiger partial charge is 0.491 e. The van der Waals surface area contributed by atoms with Gasteiger partial charge in [0.1, 0.15) is 12.4 Å². The molecule has 8 heteroatoms. The summed E-state index contributed by atoms with van der Waals surface area (Å²) in [5, 5.41) is 0. The number of hydrogen-bond donors (Lipinski definition) is 0. The Hall–Kier alpha value is -3.81. The maximum absolute atomic E-state index is 13.8. The predicted octanol–water partition coefficient (Wildman–Crippen LogP) is 6.09. The summed E-state index contributed by atoms with van der Waals surface area (Å²) in [4.78, 5) is 30.3. The van der Waals surface area contributed by atoms with Crippen molar-refractivity contribution >= 4 is 11.8 Å². The Labute approximate surface area is 220 Å². The van der Waals surface area contributed by atoms with Crippen LogP contribution in [0.15, 0.2) is 78.9 Å². The molecule has 5 nitrogen and oxygen atoms in total. The highest BCUT2D eigenvalue weighted by atomic mass is 19.4. The van der Waals surface area contributed by atoms with Crippen LogP contribution in [-0.2, 0) is 12.6 Å². The maximum atomic E-state index is 13.8. The van der Waals surface area contributed by atoms with E-state index in [-0.39, 0.29) is 24.6 Å². The van der Waals surface area contributed by atoms with Gasteiger partial charge in [0.15, 0.2) is 0 Å². The van der Waals surface area contributed by atoms with Gasteiger partial charge < -0.3 is 14.5 Å². The van der Waals surface area contributed by atoms with Gasteiger partial charge in [-0.15, -0.1) is 0 Å². The Kier molecular flexibility index (Phi) is 8.71. The Balaban J connectivity index is 1.75. The number of alkyl halides is 3. The predicted molar refractivity (Wildman–Crippen MR) is 139 cm³/mol. The summed E-state index contributed by atoms with van der Waals surface area (Å²) in [7, 11) is 0. The van der Waals surface area contributed by atoms with Crippen molar-refractivity contribution in [2.75, 3.05) is 26.2 Å². The third-order valence-electron chi connectivity index (χ3n) is 6.77. The summed E-state index contributed by atoms with van der Waals surface area (Å²) in [5.74, 6) is -0.427. The Morgan fingerprint density at radius 2 is 1.58 bits per heavy atom. The van der Waals surface area contributed by atoms with Crippen molar-refractivity contribution in [1.29, 1.82) is 0 Å². The first-order chi connectivity index (χ1) is 18.3. The summed E-state index contributed by atoms with van der Waals surface area (Å²) in [5.41, 5.74) is 0.0183. The highest BCUT2D eigenvalue weighted by molar-refractivity contribution is 5.97. The SMILES string of the molecule is CCN1CCCCN(C(=O)c2ccccc2C(F)(F)F)[C@@H](Cc2ccccc2)COc2ccccc2C1=O. The minimum Gasteiger partial charge on any atom is -0.491 e. The zero-order valence-electron chi connectivity index (χ0n) is 21.3. The first-order valence-corrected chi connectivity index (χ1v) is 12.8. The normalized spacial score (nSPS) is 17.2. The van der Waals surface area contributed by atoms with Gasteiger partial charge in [0.05, 0.1) is 22.7 Å². The molecule has 38 heavy (non-hydrogen) atoms. The molecule has 2 amide bonds. The van der Waals surface area contributed by atoms with Crippen LogP contribution in [0.3, 0.4) is 0 Å². The van der Waals surface area contributed by atoms with E-state index >= 15 is 0 Å². The molecule has 200 valence electrons. The van der Waals surface area contributed by atoms with E-state index in [1.54, 1.807) is 29.2 Å². The molecule has 1 heterocycles. The van der Waals surface area contributed by atoms with Crippen molar-refractivity contribution in [3.8, 4) is 5.75 Å². The van der Waals surface area contributed by atoms with Gasteiger partial charge in [0.2, 0.25) is 0 Å². The first kappa shape index (κ1) is 27.2. The Bertz CT molecular complexity index is 1250. The van der Waals surface area contributed by atoms with Crippen LogP contribution in [0, 0.1) is 0 Å². The minimum absolute atomic E-state index is 0.0191. The quantitative estimate of drug-likeness (QED) is 0.415. The summed E-state index contributed by atoms with van der Waals surface area (Å²) in [6, 6.07) is 20.8. The van der Waals surface area contributed by atoms with Gasteiger partial charge in [0.25, 0.3) is 11.8 Å². The molecule has 0 bridgehead atoms. The molecule has 0 fully saturated rings. The number of halogens is 3. The first-order valence-electron chi connectivity index (χ1n) is 12.8. The van der Waals surface area contributed by atoms with Gasteiger partial charge >= 0.3 is 6.18 Å². The molecule has 1 aliphatic heterocycles. The van der Waals surface area contributed by atoms with E-state index in [2.05, 4.69) is 0 Å². The van der Waals surface area contributed by atoms with Crippen LogP contribution in [-0.4, -0.2) is 53.9 Å². The van der Waals surface area contributed by atoms with Gasteiger partial charge in [-0.25, -0.2) is 0 Å². The molecule has 0 aliphatic carbocycles. The number of para-hydroxylation sites is 1. The Morgan fingerprint density at radius 3 is 2.32 bits per heavy atom. The van der Waals surface area contributed by atoms with Crippen LogP contribution in [0.25, 0.3) is 0 Å². The number of amides is 2. The van der Waals surface area contributed by atoms with Crippen molar-refractivity contribution in [3.63, 3.8) is 0 Å². The number of carbonyl (C=O) groups is 2. The van der Waals surface area contributed by atoms with Crippen LogP contribution in [0.5, 0.6) is 5.75 Å². The standard InChI is InChI=1S/C30H31F3N2O3/c1-2-34-18-10-11-19-35(29(37)24-14-6-8-16-26(24)30(31,32)33)23(20-22-12-4-3-5-13-22)21-38-27-17-9-7-15-25(27)28(34)36/h3-9,12-17,23H,2,10-11,18-21H2,1H3/t23-/m0/s1. The van der Waals surface area contributed by atoms with Gasteiger partial charge in [-0.3, -0.25) is 9.59 Å². The lowest BCUT2D eigenvalue weighted by atomic mass is 10.0. The Morgan fingerprint density at radius 1 is 0.921 bits per heavy atom. The van der Waals surface area contributed by atoms with Crippen molar-refractivity contribution in [2.24, 2.45) is 0 Å². The molecule has 4 rings (SSSR count). The summed E-state index contributed by atoms with van der Waals surface area (Å²) in [6.45, 7) is 3.12. The average molecular weight is 525 g/mol. The average Bonchev–Trinajstić information content (AvgIpc) is 2.92. The number of ether oxygens (including phenoxy) is 1. The van der Waals surface area contributed by atoms with E-state index in [4.69, 9.17) is 4.74 Å². The second kappa shape index (κ2) is 12.2. The number of benzene rings is 3. The lowest BCUT2D eigenvalue weighted by molar-refractivity contribution is -0.138. The summed E-state index contributed by atoms with van der Waals surface area (Å²) >= 11 is 0. The van der Waals surface area contributed by atoms with Crippen molar-refractivity contribution in [2.45, 2.75) is 38.4 Å². The molecule has 0 spiro atoms. The van der Waals surface area contributed by atoms with E-state index in [9.17, 15) is 22.8 Å². The van der Waals surface area contributed by atoms with Gasteiger partial charge in [0, 0.05) is 19.6 Å². The molecule has 3 aromatic carbocycles. The van der Waals surface area contributed by atoms with Gasteiger partial charge in [-0.05, 0) is 56.0 Å². The van der Waals surface area contributed by atoms with Gasteiger partial charge in [-0.2, -0.15) is 13.2 Å². The third kappa shape index (κ3) is 6.36. The fourth-order valence-electron chi connectivity index (χ4n) is 4.78. The van der Waals surface area contributed by atoms with Crippen LogP contribution in [0.4, 0.5) is 13.2 Å². The summed E-state index contributed by atoms with van der Waals surface area (Å²) < 4.78 is 47.7. The number of hydrogen-bond acceptors (Lipinski definition) is 3. The van der Waals surface area contributed by atoms with E-state index < -0.39 is 23.7 Å². The van der Waals surface area contributed by atoms with E-state index in [1.165, 1.54) is 23.1 Å². The molecular formula is C30H31F3N2O3. The second-order valence-corrected chi connectivity index (χ2v) is 9.28. The number of rotatable bonds is 4. The third-order valence-corrected chi connectivity index (χ3v) is 6.77. The highest BCUT2D eigenvalue weighted by Gasteiger charge is 2.37. The fraction of sp³-hybridized carbons (Fsp3) is 0.333. The number of carbonyl (C=O) groups excluding carboxylic acids is 2. The molecule has 0 N–H and O–H groups in total. The molecule has 0 aromatic heterocycles. The molecular weight excluding hydrogens is 493 g/mol. The molecule has 0 radical (unpaired) electrons. The molecule has 0 unspecified atom stereocenters. The maximum Gasteiger partial charge on any atom is 0.417 e. The monoisotopic (exact) mass is 524 g/mol. The lowest BCUT2D eigenvalue weighted by Gasteiger charge is -2.34.